The number of rotatable bonds is 7. The van der Waals surface area contributed by atoms with Crippen molar-refractivity contribution in [3.05, 3.63) is 0 Å². The molecule has 2 bridgehead atoms. The van der Waals surface area contributed by atoms with E-state index >= 15 is 0 Å². The number of fused-ring (bicyclic) bond motifs is 1. The van der Waals surface area contributed by atoms with E-state index in [9.17, 15) is 9.59 Å². The van der Waals surface area contributed by atoms with Crippen LogP contribution in [-0.2, 0) is 14.3 Å². The zero-order chi connectivity index (χ0) is 18.2. The van der Waals surface area contributed by atoms with Crippen LogP contribution in [0.1, 0.15) is 47.0 Å². The third-order valence-corrected chi connectivity index (χ3v) is 7.42. The summed E-state index contributed by atoms with van der Waals surface area (Å²) in [5.41, 5.74) is -0.474. The maximum atomic E-state index is 12.4. The first-order valence-electron chi connectivity index (χ1n) is 9.64. The van der Waals surface area contributed by atoms with Gasteiger partial charge in [0.2, 0.25) is 11.8 Å². The molecule has 3 aliphatic rings. The van der Waals surface area contributed by atoms with Gasteiger partial charge in [0, 0.05) is 30.3 Å². The van der Waals surface area contributed by atoms with Gasteiger partial charge in [-0.05, 0) is 25.0 Å². The molecule has 0 aromatic carbocycles. The summed E-state index contributed by atoms with van der Waals surface area (Å²) in [6.07, 6.45) is 3.18. The highest BCUT2D eigenvalue weighted by Crippen LogP contribution is 2.54. The summed E-state index contributed by atoms with van der Waals surface area (Å²) in [6.45, 7) is 10.3. The lowest BCUT2D eigenvalue weighted by atomic mass is 9.73. The number of ether oxygens (including phenoxy) is 1. The van der Waals surface area contributed by atoms with Gasteiger partial charge in [0.1, 0.15) is 0 Å². The summed E-state index contributed by atoms with van der Waals surface area (Å²) in [7, 11) is 0. The Morgan fingerprint density at radius 1 is 1.36 bits per heavy atom. The van der Waals surface area contributed by atoms with E-state index < -0.39 is 0 Å². The van der Waals surface area contributed by atoms with Gasteiger partial charge in [0.05, 0.1) is 24.0 Å². The van der Waals surface area contributed by atoms with Crippen LogP contribution in [0.3, 0.4) is 0 Å². The number of likely N-dealkylation sites (tertiary alicyclic amines) is 1. The highest BCUT2D eigenvalue weighted by atomic mass is 32.2. The van der Waals surface area contributed by atoms with Gasteiger partial charge < -0.3 is 15.0 Å². The second-order valence-corrected chi connectivity index (χ2v) is 9.66. The molecule has 0 saturated carbocycles. The Morgan fingerprint density at radius 3 is 2.80 bits per heavy atom. The topological polar surface area (TPSA) is 58.6 Å². The number of nitrogens with one attached hydrogen (secondary N) is 1. The lowest BCUT2D eigenvalue weighted by molar-refractivity contribution is -0.130. The zero-order valence-corrected chi connectivity index (χ0v) is 16.8. The smallest absolute Gasteiger partial charge is 0.232 e. The Kier molecular flexibility index (Phi) is 5.41. The first-order chi connectivity index (χ1) is 11.8. The molecule has 0 aliphatic carbocycles. The molecule has 1 N–H and O–H groups in total. The van der Waals surface area contributed by atoms with Crippen LogP contribution in [0.4, 0.5) is 0 Å². The number of hydrogen-bond donors (Lipinski definition) is 1. The van der Waals surface area contributed by atoms with E-state index in [0.717, 1.165) is 38.1 Å². The monoisotopic (exact) mass is 368 g/mol. The van der Waals surface area contributed by atoms with Crippen molar-refractivity contribution in [2.24, 2.45) is 17.3 Å². The number of nitrogens with zero attached hydrogens (tertiary/aromatic N) is 1. The molecule has 0 radical (unpaired) electrons. The summed E-state index contributed by atoms with van der Waals surface area (Å²) < 4.78 is 6.37. The molecule has 25 heavy (non-hydrogen) atoms. The average molecular weight is 369 g/mol. The maximum absolute atomic E-state index is 12.4. The van der Waals surface area contributed by atoms with E-state index in [4.69, 9.17) is 4.74 Å². The predicted molar refractivity (Wildman–Crippen MR) is 100 cm³/mol. The molecule has 142 valence electrons. The van der Waals surface area contributed by atoms with Crippen molar-refractivity contribution in [2.75, 3.05) is 31.1 Å². The van der Waals surface area contributed by atoms with Crippen molar-refractivity contribution in [1.29, 1.82) is 0 Å². The van der Waals surface area contributed by atoms with Crippen LogP contribution in [0, 0.1) is 17.3 Å². The largest absolute Gasteiger partial charge is 0.369 e. The molecule has 5 nitrogen and oxygen atoms in total. The molecule has 3 saturated heterocycles. The predicted octanol–water partition coefficient (Wildman–Crippen LogP) is 2.30. The van der Waals surface area contributed by atoms with Gasteiger partial charge in [-0.25, -0.2) is 0 Å². The Bertz CT molecular complexity index is 539. The van der Waals surface area contributed by atoms with Crippen molar-refractivity contribution in [2.45, 2.75) is 58.7 Å². The van der Waals surface area contributed by atoms with Crippen LogP contribution >= 0.6 is 11.8 Å². The minimum absolute atomic E-state index is 0.122. The van der Waals surface area contributed by atoms with Crippen LogP contribution in [0.25, 0.3) is 0 Å². The van der Waals surface area contributed by atoms with Crippen molar-refractivity contribution in [3.63, 3.8) is 0 Å². The fourth-order valence-corrected chi connectivity index (χ4v) is 5.11. The van der Waals surface area contributed by atoms with E-state index in [-0.39, 0.29) is 28.9 Å². The lowest BCUT2D eigenvalue weighted by Crippen LogP contribution is -2.44. The molecule has 3 fully saturated rings. The quantitative estimate of drug-likeness (QED) is 0.749. The van der Waals surface area contributed by atoms with Gasteiger partial charge in [-0.1, -0.05) is 27.7 Å². The third kappa shape index (κ3) is 3.44. The van der Waals surface area contributed by atoms with Crippen LogP contribution < -0.4 is 5.32 Å². The van der Waals surface area contributed by atoms with E-state index in [1.807, 2.05) is 25.7 Å². The molecule has 3 heterocycles. The first-order valence-corrected chi connectivity index (χ1v) is 10.8. The fourth-order valence-electron chi connectivity index (χ4n) is 4.54. The molecule has 1 spiro atoms. The number of carbonyl (C=O) groups excluding carboxylic acids is 2. The second kappa shape index (κ2) is 7.10. The minimum atomic E-state index is -0.328. The zero-order valence-electron chi connectivity index (χ0n) is 16.0. The summed E-state index contributed by atoms with van der Waals surface area (Å²) in [6, 6.07) is 0. The van der Waals surface area contributed by atoms with Crippen LogP contribution in [0.5, 0.6) is 0 Å². The number of carbonyl (C=O) groups is 2. The van der Waals surface area contributed by atoms with Crippen LogP contribution in [-0.4, -0.2) is 59.6 Å². The average Bonchev–Trinajstić information content (AvgIpc) is 3.25. The van der Waals surface area contributed by atoms with Gasteiger partial charge >= 0.3 is 0 Å². The molecular weight excluding hydrogens is 336 g/mol. The van der Waals surface area contributed by atoms with E-state index in [2.05, 4.69) is 12.2 Å². The van der Waals surface area contributed by atoms with E-state index in [1.54, 1.807) is 11.8 Å². The molecule has 3 aliphatic heterocycles. The van der Waals surface area contributed by atoms with Crippen molar-refractivity contribution >= 4 is 23.6 Å². The van der Waals surface area contributed by atoms with Crippen molar-refractivity contribution < 1.29 is 14.3 Å². The molecule has 3 rings (SSSR count). The standard InChI is InChI=1S/C19H32N2O3S/c1-5-18(3,4)17(23)20-9-13-14-10-21(16(22)11-25-6-2)12-19(14)8-7-15(13)24-19/h13-15H,5-12H2,1-4H3,(H,20,23)/t13-,14+,15+,19+/m0/s1. The fraction of sp³-hybridized carbons (Fsp3) is 0.895. The molecule has 6 heteroatoms. The molecule has 0 aromatic rings. The van der Waals surface area contributed by atoms with Gasteiger partial charge in [0.15, 0.2) is 0 Å². The summed E-state index contributed by atoms with van der Waals surface area (Å²) in [5, 5.41) is 3.16. The summed E-state index contributed by atoms with van der Waals surface area (Å²) in [4.78, 5) is 26.9. The second-order valence-electron chi connectivity index (χ2n) is 8.39. The third-order valence-electron chi connectivity index (χ3n) is 6.56. The molecule has 2 amide bonds. The number of amides is 2. The molecule has 0 unspecified atom stereocenters. The van der Waals surface area contributed by atoms with Gasteiger partial charge in [-0.2, -0.15) is 11.8 Å². The highest BCUT2D eigenvalue weighted by Gasteiger charge is 2.63. The van der Waals surface area contributed by atoms with Crippen LogP contribution in [0.2, 0.25) is 0 Å². The Labute approximate surface area is 155 Å². The highest BCUT2D eigenvalue weighted by molar-refractivity contribution is 7.99. The first kappa shape index (κ1) is 19.0. The molecule has 4 atom stereocenters. The number of thioether (sulfide) groups is 1. The normalized spacial score (nSPS) is 33.6. The minimum Gasteiger partial charge on any atom is -0.369 e. The van der Waals surface area contributed by atoms with Crippen molar-refractivity contribution in [3.8, 4) is 0 Å². The van der Waals surface area contributed by atoms with E-state index in [0.29, 0.717) is 24.1 Å². The van der Waals surface area contributed by atoms with E-state index in [1.165, 1.54) is 0 Å². The van der Waals surface area contributed by atoms with Gasteiger partial charge in [0.25, 0.3) is 0 Å². The SMILES string of the molecule is CCSCC(=O)N1C[C@@H]2[C@H](CNC(=O)C(C)(C)CC)[C@H]3CC[C@]2(C1)O3. The van der Waals surface area contributed by atoms with Gasteiger partial charge in [-0.3, -0.25) is 9.59 Å². The summed E-state index contributed by atoms with van der Waals surface area (Å²) in [5.74, 6) is 2.59. The van der Waals surface area contributed by atoms with Crippen LogP contribution in [0.15, 0.2) is 0 Å². The Hall–Kier alpha value is -0.750. The van der Waals surface area contributed by atoms with Gasteiger partial charge in [-0.15, -0.1) is 0 Å². The number of hydrogen-bond acceptors (Lipinski definition) is 4. The maximum Gasteiger partial charge on any atom is 0.232 e. The summed E-state index contributed by atoms with van der Waals surface area (Å²) >= 11 is 1.68. The lowest BCUT2D eigenvalue weighted by Gasteiger charge is -2.30. The van der Waals surface area contributed by atoms with Crippen molar-refractivity contribution in [1.82, 2.24) is 10.2 Å². The Morgan fingerprint density at radius 2 is 2.12 bits per heavy atom. The Balaban J connectivity index is 1.62. The molecular formula is C19H32N2O3S. The molecule has 0 aromatic heterocycles.